The average Bonchev–Trinajstić information content (AvgIpc) is 2.51. The average molecular weight is 253 g/mol. The molecule has 0 bridgehead atoms. The van der Waals surface area contributed by atoms with E-state index in [0.29, 0.717) is 11.5 Å². The molecule has 1 aliphatic carbocycles. The summed E-state index contributed by atoms with van der Waals surface area (Å²) in [6.07, 6.45) is 11.1. The quantitative estimate of drug-likeness (QED) is 0.668. The maximum absolute atomic E-state index is 3.87. The molecule has 0 heterocycles. The van der Waals surface area contributed by atoms with Crippen LogP contribution in [0, 0.1) is 11.3 Å². The molecule has 1 rings (SSSR count). The lowest BCUT2D eigenvalue weighted by Crippen LogP contribution is -2.36. The van der Waals surface area contributed by atoms with Crippen LogP contribution in [0.5, 0.6) is 0 Å². The molecular weight excluding hydrogens is 218 g/mol. The summed E-state index contributed by atoms with van der Waals surface area (Å²) in [4.78, 5) is 0. The molecule has 1 N–H and O–H groups in total. The van der Waals surface area contributed by atoms with Gasteiger partial charge in [-0.05, 0) is 50.4 Å². The normalized spacial score (nSPS) is 27.8. The molecule has 0 aromatic carbocycles. The van der Waals surface area contributed by atoms with E-state index in [2.05, 4.69) is 39.9 Å². The van der Waals surface area contributed by atoms with Crippen LogP contribution in [0.2, 0.25) is 0 Å². The van der Waals surface area contributed by atoms with E-state index in [1.807, 2.05) is 0 Å². The third-order valence-corrected chi connectivity index (χ3v) is 4.70. The van der Waals surface area contributed by atoms with Crippen molar-refractivity contribution in [1.29, 1.82) is 0 Å². The molecule has 1 fully saturated rings. The fourth-order valence-electron chi connectivity index (χ4n) is 3.33. The van der Waals surface area contributed by atoms with Crippen LogP contribution in [0.4, 0.5) is 0 Å². The van der Waals surface area contributed by atoms with Gasteiger partial charge in [-0.15, -0.1) is 0 Å². The van der Waals surface area contributed by atoms with E-state index in [1.165, 1.54) is 51.4 Å². The second kappa shape index (κ2) is 7.53. The first kappa shape index (κ1) is 16.0. The molecule has 3 unspecified atom stereocenters. The van der Waals surface area contributed by atoms with Gasteiger partial charge in [-0.2, -0.15) is 0 Å². The summed E-state index contributed by atoms with van der Waals surface area (Å²) in [5.41, 5.74) is 0.503. The van der Waals surface area contributed by atoms with Crippen LogP contribution in [0.25, 0.3) is 0 Å². The Morgan fingerprint density at radius 2 is 1.83 bits per heavy atom. The van der Waals surface area contributed by atoms with Gasteiger partial charge in [0.1, 0.15) is 0 Å². The highest BCUT2D eigenvalue weighted by atomic mass is 14.9. The number of nitrogens with one attached hydrogen (secondary N) is 1. The Kier molecular flexibility index (Phi) is 6.70. The molecule has 1 aliphatic rings. The van der Waals surface area contributed by atoms with Gasteiger partial charge in [0.2, 0.25) is 0 Å². The molecule has 0 aromatic heterocycles. The minimum absolute atomic E-state index is 0.503. The van der Waals surface area contributed by atoms with Crippen molar-refractivity contribution in [1.82, 2.24) is 5.32 Å². The van der Waals surface area contributed by atoms with E-state index in [1.54, 1.807) is 0 Å². The van der Waals surface area contributed by atoms with Crippen LogP contribution in [0.3, 0.4) is 0 Å². The first-order valence-electron chi connectivity index (χ1n) is 8.19. The van der Waals surface area contributed by atoms with Crippen molar-refractivity contribution in [2.24, 2.45) is 11.3 Å². The molecule has 0 radical (unpaired) electrons. The Balaban J connectivity index is 2.33. The molecule has 0 aliphatic heterocycles. The highest BCUT2D eigenvalue weighted by molar-refractivity contribution is 4.82. The van der Waals surface area contributed by atoms with E-state index < -0.39 is 0 Å². The number of rotatable bonds is 5. The van der Waals surface area contributed by atoms with Gasteiger partial charge in [-0.3, -0.25) is 0 Å². The maximum atomic E-state index is 3.87. The van der Waals surface area contributed by atoms with Crippen LogP contribution < -0.4 is 5.32 Å². The number of hydrogen-bond donors (Lipinski definition) is 1. The van der Waals surface area contributed by atoms with Gasteiger partial charge in [0, 0.05) is 12.1 Å². The smallest absolute Gasteiger partial charge is 0.00696 e. The lowest BCUT2D eigenvalue weighted by atomic mass is 9.76. The summed E-state index contributed by atoms with van der Waals surface area (Å²) in [5, 5.41) is 3.87. The highest BCUT2D eigenvalue weighted by Gasteiger charge is 2.27. The molecule has 18 heavy (non-hydrogen) atoms. The topological polar surface area (TPSA) is 12.0 Å². The summed E-state index contributed by atoms with van der Waals surface area (Å²) >= 11 is 0. The molecule has 0 spiro atoms. The molecule has 3 atom stereocenters. The second-order valence-corrected chi connectivity index (χ2v) is 7.48. The second-order valence-electron chi connectivity index (χ2n) is 7.48. The minimum Gasteiger partial charge on any atom is -0.312 e. The predicted octanol–water partition coefficient (Wildman–Crippen LogP) is 5.15. The van der Waals surface area contributed by atoms with Crippen molar-refractivity contribution in [3.05, 3.63) is 0 Å². The van der Waals surface area contributed by atoms with Gasteiger partial charge in [0.05, 0.1) is 0 Å². The van der Waals surface area contributed by atoms with Gasteiger partial charge in [-0.25, -0.2) is 0 Å². The monoisotopic (exact) mass is 253 g/mol. The molecular formula is C17H35N. The van der Waals surface area contributed by atoms with Gasteiger partial charge >= 0.3 is 0 Å². The third-order valence-electron chi connectivity index (χ3n) is 4.70. The summed E-state index contributed by atoms with van der Waals surface area (Å²) < 4.78 is 0. The maximum Gasteiger partial charge on any atom is 0.00696 e. The molecule has 1 nitrogen and oxygen atoms in total. The molecule has 108 valence electrons. The van der Waals surface area contributed by atoms with E-state index in [0.717, 1.165) is 12.0 Å². The summed E-state index contributed by atoms with van der Waals surface area (Å²) in [6.45, 7) is 11.9. The molecule has 0 saturated heterocycles. The zero-order valence-corrected chi connectivity index (χ0v) is 13.4. The van der Waals surface area contributed by atoms with Crippen molar-refractivity contribution in [3.8, 4) is 0 Å². The van der Waals surface area contributed by atoms with Crippen LogP contribution in [0.15, 0.2) is 0 Å². The van der Waals surface area contributed by atoms with E-state index in [4.69, 9.17) is 0 Å². The molecule has 1 heteroatoms. The van der Waals surface area contributed by atoms with Crippen molar-refractivity contribution in [3.63, 3.8) is 0 Å². The Morgan fingerprint density at radius 3 is 2.44 bits per heavy atom. The van der Waals surface area contributed by atoms with Gasteiger partial charge in [-0.1, -0.05) is 47.0 Å². The van der Waals surface area contributed by atoms with Crippen molar-refractivity contribution in [2.75, 3.05) is 0 Å². The van der Waals surface area contributed by atoms with Gasteiger partial charge < -0.3 is 5.32 Å². The van der Waals surface area contributed by atoms with Gasteiger partial charge in [0.25, 0.3) is 0 Å². The highest BCUT2D eigenvalue weighted by Crippen LogP contribution is 2.36. The lowest BCUT2D eigenvalue weighted by Gasteiger charge is -2.30. The molecule has 0 amide bonds. The summed E-state index contributed by atoms with van der Waals surface area (Å²) in [5.74, 6) is 0.926. The van der Waals surface area contributed by atoms with E-state index >= 15 is 0 Å². The standard InChI is InChI=1S/C17H35N/c1-6-7-9-14(2)18-16-11-8-10-15(12-13-16)17(3,4)5/h14-16,18H,6-13H2,1-5H3. The summed E-state index contributed by atoms with van der Waals surface area (Å²) in [6, 6.07) is 1.49. The first-order valence-corrected chi connectivity index (χ1v) is 8.19. The Bertz CT molecular complexity index is 216. The first-order chi connectivity index (χ1) is 8.43. The van der Waals surface area contributed by atoms with Crippen LogP contribution in [-0.4, -0.2) is 12.1 Å². The zero-order chi connectivity index (χ0) is 13.6. The van der Waals surface area contributed by atoms with Gasteiger partial charge in [0.15, 0.2) is 0 Å². The van der Waals surface area contributed by atoms with Crippen LogP contribution in [-0.2, 0) is 0 Å². The predicted molar refractivity (Wildman–Crippen MR) is 81.9 cm³/mol. The number of unbranched alkanes of at least 4 members (excludes halogenated alkanes) is 1. The Hall–Kier alpha value is -0.0400. The third kappa shape index (κ3) is 5.73. The van der Waals surface area contributed by atoms with E-state index in [9.17, 15) is 0 Å². The largest absolute Gasteiger partial charge is 0.312 e. The molecule has 0 aromatic rings. The van der Waals surface area contributed by atoms with Crippen molar-refractivity contribution in [2.45, 2.75) is 98.1 Å². The molecule has 1 saturated carbocycles. The van der Waals surface area contributed by atoms with Crippen molar-refractivity contribution < 1.29 is 0 Å². The number of hydrogen-bond acceptors (Lipinski definition) is 1. The van der Waals surface area contributed by atoms with Crippen LogP contribution in [0.1, 0.15) is 86.0 Å². The fourth-order valence-corrected chi connectivity index (χ4v) is 3.33. The lowest BCUT2D eigenvalue weighted by molar-refractivity contribution is 0.213. The fraction of sp³-hybridized carbons (Fsp3) is 1.00. The zero-order valence-electron chi connectivity index (χ0n) is 13.4. The Morgan fingerprint density at radius 1 is 1.11 bits per heavy atom. The summed E-state index contributed by atoms with van der Waals surface area (Å²) in [7, 11) is 0. The van der Waals surface area contributed by atoms with E-state index in [-0.39, 0.29) is 0 Å². The van der Waals surface area contributed by atoms with Crippen LogP contribution >= 0.6 is 0 Å². The minimum atomic E-state index is 0.503. The van der Waals surface area contributed by atoms with Crippen molar-refractivity contribution >= 4 is 0 Å². The SMILES string of the molecule is CCCCC(C)NC1CCCC(C(C)(C)C)CC1. The Labute approximate surface area is 115 Å².